The van der Waals surface area contributed by atoms with Crippen LogP contribution in [0, 0.1) is 0 Å². The van der Waals surface area contributed by atoms with Gasteiger partial charge in [0, 0.05) is 12.0 Å². The summed E-state index contributed by atoms with van der Waals surface area (Å²) in [5, 5.41) is 0.494. The highest BCUT2D eigenvalue weighted by Crippen LogP contribution is 2.38. The molecule has 0 aliphatic carbocycles. The number of hydrogen-bond acceptors (Lipinski definition) is 6. The number of benzene rings is 1. The summed E-state index contributed by atoms with van der Waals surface area (Å²) in [5.74, 6) is 0.000492. The van der Waals surface area contributed by atoms with Gasteiger partial charge in [-0.1, -0.05) is 48.2 Å². The predicted molar refractivity (Wildman–Crippen MR) is 91.8 cm³/mol. The van der Waals surface area contributed by atoms with Gasteiger partial charge in [0.25, 0.3) is 0 Å². The van der Waals surface area contributed by atoms with Crippen molar-refractivity contribution in [2.75, 3.05) is 12.3 Å². The van der Waals surface area contributed by atoms with Gasteiger partial charge < -0.3 is 10.5 Å². The molecule has 0 spiro atoms. The second-order valence-electron chi connectivity index (χ2n) is 5.06. The molecule has 3 rings (SSSR count). The lowest BCUT2D eigenvalue weighted by molar-refractivity contribution is -0.142. The molecule has 0 saturated carbocycles. The number of carbonyl (C=O) groups is 1. The molecule has 1 aromatic heterocycles. The van der Waals surface area contributed by atoms with Crippen LogP contribution in [0.1, 0.15) is 23.7 Å². The third-order valence-corrected chi connectivity index (χ3v) is 4.65. The van der Waals surface area contributed by atoms with Crippen molar-refractivity contribution in [3.8, 4) is 0 Å². The molecule has 1 aliphatic heterocycles. The number of rotatable bonds is 4. The molecule has 2 N–H and O–H groups in total. The molecule has 1 unspecified atom stereocenters. The third-order valence-electron chi connectivity index (χ3n) is 3.44. The Morgan fingerprint density at radius 3 is 2.87 bits per heavy atom. The molecule has 2 aromatic rings. The molecule has 0 fully saturated rings. The summed E-state index contributed by atoms with van der Waals surface area (Å²) in [5.41, 5.74) is 8.58. The third kappa shape index (κ3) is 3.53. The van der Waals surface area contributed by atoms with E-state index in [-0.39, 0.29) is 17.2 Å². The van der Waals surface area contributed by atoms with Gasteiger partial charge in [0.2, 0.25) is 5.95 Å². The Labute approximate surface area is 139 Å². The van der Waals surface area contributed by atoms with Crippen molar-refractivity contribution in [1.29, 1.82) is 0 Å². The first-order chi connectivity index (χ1) is 11.2. The van der Waals surface area contributed by atoms with Gasteiger partial charge in [-0.15, -0.1) is 0 Å². The Morgan fingerprint density at radius 2 is 2.13 bits per heavy atom. The number of thioether (sulfide) groups is 1. The number of esters is 1. The molecule has 6 heteroatoms. The Morgan fingerprint density at radius 1 is 1.35 bits per heavy atom. The van der Waals surface area contributed by atoms with Gasteiger partial charge in [0.1, 0.15) is 10.3 Å². The molecule has 2 heterocycles. The Hall–Kier alpha value is -2.34. The summed E-state index contributed by atoms with van der Waals surface area (Å²) in [6.07, 6.45) is 4.46. The molecule has 1 atom stereocenters. The van der Waals surface area contributed by atoms with Gasteiger partial charge in [0.05, 0.1) is 12.3 Å². The van der Waals surface area contributed by atoms with Gasteiger partial charge >= 0.3 is 5.97 Å². The summed E-state index contributed by atoms with van der Waals surface area (Å²) >= 11 is 1.39. The average molecular weight is 327 g/mol. The number of fused-ring (bicyclic) bond motifs is 1. The highest BCUT2D eigenvalue weighted by atomic mass is 32.2. The minimum absolute atomic E-state index is 0.216. The quantitative estimate of drug-likeness (QED) is 0.687. The Kier molecular flexibility index (Phi) is 4.62. The Bertz CT molecular complexity index is 747. The molecular formula is C17H17N3O2S. The van der Waals surface area contributed by atoms with Crippen LogP contribution in [0.2, 0.25) is 0 Å². The van der Waals surface area contributed by atoms with Crippen molar-refractivity contribution in [2.24, 2.45) is 0 Å². The van der Waals surface area contributed by atoms with Crippen LogP contribution < -0.4 is 5.73 Å². The van der Waals surface area contributed by atoms with Crippen molar-refractivity contribution in [3.05, 3.63) is 47.2 Å². The first kappa shape index (κ1) is 15.6. The minimum atomic E-state index is -0.273. The van der Waals surface area contributed by atoms with Crippen LogP contribution >= 0.6 is 11.8 Å². The molecular weight excluding hydrogens is 310 g/mol. The second-order valence-corrected chi connectivity index (χ2v) is 6.25. The molecule has 0 bridgehead atoms. The van der Waals surface area contributed by atoms with E-state index in [9.17, 15) is 4.79 Å². The highest BCUT2D eigenvalue weighted by Gasteiger charge is 2.32. The first-order valence-electron chi connectivity index (χ1n) is 7.40. The maximum Gasteiger partial charge on any atom is 0.319 e. The number of hydrogen-bond donors (Lipinski definition) is 1. The van der Waals surface area contributed by atoms with Crippen molar-refractivity contribution in [2.45, 2.75) is 23.6 Å². The standard InChI is InChI=1S/C17H17N3O2S/c1-2-22-16(21)14-10-12-13(19-17(18)20-15(12)23-14)9-8-11-6-4-3-5-7-11/h3-9,14H,2,10H2,1H3,(H2,18,19,20)/b9-8+. The van der Waals surface area contributed by atoms with Gasteiger partial charge in [-0.05, 0) is 18.6 Å². The number of nitrogens with two attached hydrogens (primary N) is 1. The lowest BCUT2D eigenvalue weighted by atomic mass is 10.1. The van der Waals surface area contributed by atoms with E-state index in [2.05, 4.69) is 9.97 Å². The van der Waals surface area contributed by atoms with Crippen LogP contribution in [0.15, 0.2) is 35.4 Å². The van der Waals surface area contributed by atoms with E-state index in [1.807, 2.05) is 42.5 Å². The van der Waals surface area contributed by atoms with Crippen LogP contribution in [0.25, 0.3) is 12.2 Å². The normalized spacial score (nSPS) is 16.5. The van der Waals surface area contributed by atoms with Crippen molar-refractivity contribution in [1.82, 2.24) is 9.97 Å². The number of aromatic nitrogens is 2. The number of nitrogen functional groups attached to an aromatic ring is 1. The van der Waals surface area contributed by atoms with Gasteiger partial charge in [-0.2, -0.15) is 0 Å². The molecule has 23 heavy (non-hydrogen) atoms. The molecule has 1 aromatic carbocycles. The van der Waals surface area contributed by atoms with E-state index in [4.69, 9.17) is 10.5 Å². The van der Waals surface area contributed by atoms with Gasteiger partial charge in [-0.25, -0.2) is 9.97 Å². The Balaban J connectivity index is 1.87. The van der Waals surface area contributed by atoms with Crippen molar-refractivity contribution in [3.63, 3.8) is 0 Å². The first-order valence-corrected chi connectivity index (χ1v) is 8.28. The zero-order valence-corrected chi connectivity index (χ0v) is 13.5. The highest BCUT2D eigenvalue weighted by molar-refractivity contribution is 8.00. The molecule has 0 radical (unpaired) electrons. The lowest BCUT2D eigenvalue weighted by Crippen LogP contribution is -2.19. The summed E-state index contributed by atoms with van der Waals surface area (Å²) in [6, 6.07) is 9.95. The minimum Gasteiger partial charge on any atom is -0.465 e. The largest absolute Gasteiger partial charge is 0.465 e. The SMILES string of the molecule is CCOC(=O)C1Cc2c(/C=C/c3ccccc3)nc(N)nc2S1. The number of anilines is 1. The summed E-state index contributed by atoms with van der Waals surface area (Å²) in [6.45, 7) is 2.18. The fourth-order valence-electron chi connectivity index (χ4n) is 2.39. The van der Waals surface area contributed by atoms with Crippen LogP contribution in [0.4, 0.5) is 5.95 Å². The zero-order chi connectivity index (χ0) is 16.2. The van der Waals surface area contributed by atoms with E-state index in [0.717, 1.165) is 21.8 Å². The zero-order valence-electron chi connectivity index (χ0n) is 12.7. The topological polar surface area (TPSA) is 78.1 Å². The molecule has 118 valence electrons. The van der Waals surface area contributed by atoms with E-state index < -0.39 is 0 Å². The van der Waals surface area contributed by atoms with E-state index in [1.54, 1.807) is 6.92 Å². The van der Waals surface area contributed by atoms with E-state index in [0.29, 0.717) is 13.0 Å². The van der Waals surface area contributed by atoms with Crippen molar-refractivity contribution >= 4 is 35.8 Å². The van der Waals surface area contributed by atoms with Crippen molar-refractivity contribution < 1.29 is 9.53 Å². The number of nitrogens with zero attached hydrogens (tertiary/aromatic N) is 2. The van der Waals surface area contributed by atoms with Crippen LogP contribution in [0.3, 0.4) is 0 Å². The van der Waals surface area contributed by atoms with Crippen LogP contribution in [-0.4, -0.2) is 27.8 Å². The summed E-state index contributed by atoms with van der Waals surface area (Å²) < 4.78 is 5.10. The monoisotopic (exact) mass is 327 g/mol. The van der Waals surface area contributed by atoms with E-state index >= 15 is 0 Å². The average Bonchev–Trinajstić information content (AvgIpc) is 2.98. The fraction of sp³-hybridized carbons (Fsp3) is 0.235. The van der Waals surface area contributed by atoms with Crippen LogP contribution in [-0.2, 0) is 16.0 Å². The summed E-state index contributed by atoms with van der Waals surface area (Å²) in [4.78, 5) is 20.5. The smallest absolute Gasteiger partial charge is 0.319 e. The maximum absolute atomic E-state index is 11.9. The summed E-state index contributed by atoms with van der Waals surface area (Å²) in [7, 11) is 0. The van der Waals surface area contributed by atoms with Gasteiger partial charge in [0.15, 0.2) is 0 Å². The molecule has 0 amide bonds. The second kappa shape index (κ2) is 6.83. The molecule has 1 aliphatic rings. The fourth-order valence-corrected chi connectivity index (χ4v) is 3.55. The number of ether oxygens (including phenoxy) is 1. The van der Waals surface area contributed by atoms with E-state index in [1.165, 1.54) is 11.8 Å². The maximum atomic E-state index is 11.9. The predicted octanol–water partition coefficient (Wildman–Crippen LogP) is 2.81. The number of carbonyl (C=O) groups excluding carboxylic acids is 1. The lowest BCUT2D eigenvalue weighted by Gasteiger charge is -2.06. The van der Waals surface area contributed by atoms with Crippen LogP contribution in [0.5, 0.6) is 0 Å². The van der Waals surface area contributed by atoms with Gasteiger partial charge in [-0.3, -0.25) is 4.79 Å². The molecule has 5 nitrogen and oxygen atoms in total. The molecule has 0 saturated heterocycles.